The lowest BCUT2D eigenvalue weighted by Crippen LogP contribution is -2.47. The maximum absolute atomic E-state index is 12.7. The number of alkyl halides is 3. The zero-order valence-electron chi connectivity index (χ0n) is 16.5. The first kappa shape index (κ1) is 23.2. The Bertz CT molecular complexity index is 612. The first-order chi connectivity index (χ1) is 13.2. The molecular formula is C17H31F3N4O3S. The molecule has 0 aromatic rings. The van der Waals surface area contributed by atoms with Gasteiger partial charge in [0.1, 0.15) is 0 Å². The highest BCUT2D eigenvalue weighted by Crippen LogP contribution is 2.30. The van der Waals surface area contributed by atoms with Crippen LogP contribution in [0.3, 0.4) is 0 Å². The lowest BCUT2D eigenvalue weighted by atomic mass is 9.98. The molecule has 0 atom stereocenters. The normalized spacial score (nSPS) is 21.9. The summed E-state index contributed by atoms with van der Waals surface area (Å²) in [6.45, 7) is 7.36. The molecule has 0 radical (unpaired) electrons. The van der Waals surface area contributed by atoms with Crippen LogP contribution >= 0.6 is 0 Å². The average Bonchev–Trinajstić information content (AvgIpc) is 2.65. The third kappa shape index (κ3) is 5.96. The summed E-state index contributed by atoms with van der Waals surface area (Å²) in [5.74, 6) is 0.886. The van der Waals surface area contributed by atoms with Crippen LogP contribution in [0.4, 0.5) is 13.2 Å². The van der Waals surface area contributed by atoms with Gasteiger partial charge in [-0.3, -0.25) is 4.99 Å². The number of sulfonamides is 1. The molecule has 0 aromatic heterocycles. The highest BCUT2D eigenvalue weighted by Gasteiger charge is 2.50. The highest BCUT2D eigenvalue weighted by molar-refractivity contribution is 7.90. The van der Waals surface area contributed by atoms with Gasteiger partial charge in [0.2, 0.25) is 0 Å². The number of rotatable bonds is 6. The van der Waals surface area contributed by atoms with Gasteiger partial charge in [0, 0.05) is 45.9 Å². The van der Waals surface area contributed by atoms with Crippen molar-refractivity contribution in [3.63, 3.8) is 0 Å². The third-order valence-electron chi connectivity index (χ3n) is 5.18. The molecule has 0 spiro atoms. The quantitative estimate of drug-likeness (QED) is 0.518. The second-order valence-electron chi connectivity index (χ2n) is 7.13. The average molecular weight is 429 g/mol. The van der Waals surface area contributed by atoms with Crippen LogP contribution in [0.25, 0.3) is 0 Å². The minimum atomic E-state index is -5.23. The number of hydrogen-bond acceptors (Lipinski definition) is 4. The first-order valence-electron chi connectivity index (χ1n) is 9.90. The highest BCUT2D eigenvalue weighted by atomic mass is 32.2. The second kappa shape index (κ2) is 10.1. The van der Waals surface area contributed by atoms with Crippen LogP contribution in [0.5, 0.6) is 0 Å². The number of hydrogen-bond donors (Lipinski definition) is 1. The van der Waals surface area contributed by atoms with Crippen molar-refractivity contribution in [1.29, 1.82) is 0 Å². The molecule has 0 aliphatic carbocycles. The van der Waals surface area contributed by atoms with E-state index in [1.165, 1.54) is 0 Å². The molecule has 2 aliphatic rings. The fourth-order valence-electron chi connectivity index (χ4n) is 3.59. The van der Waals surface area contributed by atoms with Gasteiger partial charge in [-0.25, -0.2) is 8.42 Å². The van der Waals surface area contributed by atoms with Crippen LogP contribution in [0.2, 0.25) is 0 Å². The fourth-order valence-corrected chi connectivity index (χ4v) is 4.57. The van der Waals surface area contributed by atoms with E-state index in [0.717, 1.165) is 38.4 Å². The predicted molar refractivity (Wildman–Crippen MR) is 101 cm³/mol. The number of piperidine rings is 2. The van der Waals surface area contributed by atoms with Crippen molar-refractivity contribution in [2.75, 3.05) is 45.9 Å². The van der Waals surface area contributed by atoms with Crippen LogP contribution < -0.4 is 5.32 Å². The van der Waals surface area contributed by atoms with E-state index >= 15 is 0 Å². The molecule has 0 aromatic carbocycles. The van der Waals surface area contributed by atoms with E-state index in [4.69, 9.17) is 4.74 Å². The van der Waals surface area contributed by atoms with Crippen LogP contribution in [0.15, 0.2) is 4.99 Å². The summed E-state index contributed by atoms with van der Waals surface area (Å²) in [4.78, 5) is 6.85. The summed E-state index contributed by atoms with van der Waals surface area (Å²) >= 11 is 0. The van der Waals surface area contributed by atoms with Crippen molar-refractivity contribution < 1.29 is 26.3 Å². The number of halogens is 3. The standard InChI is InChI=1S/C17H31F3N4O3S/c1-3-21-16(23-9-7-15(8-10-23)27-4-2)22-13-14-5-11-24(12-6-14)28(25,26)17(18,19)20/h14-15H,3-13H2,1-2H3,(H,21,22). The number of aliphatic imine (C=N–C) groups is 1. The summed E-state index contributed by atoms with van der Waals surface area (Å²) in [5, 5.41) is 3.27. The predicted octanol–water partition coefficient (Wildman–Crippen LogP) is 2.01. The molecule has 164 valence electrons. The Morgan fingerprint density at radius 3 is 2.21 bits per heavy atom. The van der Waals surface area contributed by atoms with Gasteiger partial charge in [0.05, 0.1) is 6.10 Å². The summed E-state index contributed by atoms with van der Waals surface area (Å²) in [7, 11) is -5.22. The van der Waals surface area contributed by atoms with Crippen molar-refractivity contribution in [2.45, 2.75) is 51.1 Å². The lowest BCUT2D eigenvalue weighted by molar-refractivity contribution is -0.0496. The monoisotopic (exact) mass is 428 g/mol. The third-order valence-corrected chi connectivity index (χ3v) is 6.81. The van der Waals surface area contributed by atoms with Gasteiger partial charge in [-0.15, -0.1) is 0 Å². The molecule has 0 saturated carbocycles. The van der Waals surface area contributed by atoms with E-state index in [2.05, 4.69) is 15.2 Å². The molecule has 2 saturated heterocycles. The zero-order valence-corrected chi connectivity index (χ0v) is 17.4. The Hall–Kier alpha value is -1.07. The summed E-state index contributed by atoms with van der Waals surface area (Å²) < 4.78 is 67.2. The maximum atomic E-state index is 12.7. The Morgan fingerprint density at radius 1 is 1.11 bits per heavy atom. The van der Waals surface area contributed by atoms with Gasteiger partial charge in [0.15, 0.2) is 5.96 Å². The van der Waals surface area contributed by atoms with Gasteiger partial charge in [-0.2, -0.15) is 17.5 Å². The number of likely N-dealkylation sites (tertiary alicyclic amines) is 1. The van der Waals surface area contributed by atoms with E-state index < -0.39 is 15.5 Å². The van der Waals surface area contributed by atoms with E-state index in [0.29, 0.717) is 30.3 Å². The summed E-state index contributed by atoms with van der Waals surface area (Å²) in [5.41, 5.74) is -5.23. The largest absolute Gasteiger partial charge is 0.511 e. The van der Waals surface area contributed by atoms with Crippen molar-refractivity contribution in [1.82, 2.24) is 14.5 Å². The Labute approximate surface area is 165 Å². The van der Waals surface area contributed by atoms with E-state index in [9.17, 15) is 21.6 Å². The Balaban J connectivity index is 1.87. The lowest BCUT2D eigenvalue weighted by Gasteiger charge is -2.34. The molecule has 0 bridgehead atoms. The van der Waals surface area contributed by atoms with Crippen LogP contribution in [0, 0.1) is 5.92 Å². The van der Waals surface area contributed by atoms with Crippen molar-refractivity contribution in [2.24, 2.45) is 10.9 Å². The number of guanidine groups is 1. The molecule has 2 rings (SSSR count). The minimum Gasteiger partial charge on any atom is -0.378 e. The maximum Gasteiger partial charge on any atom is 0.511 e. The van der Waals surface area contributed by atoms with Gasteiger partial charge in [-0.05, 0) is 45.4 Å². The van der Waals surface area contributed by atoms with Crippen LogP contribution in [0.1, 0.15) is 39.5 Å². The van der Waals surface area contributed by atoms with Crippen molar-refractivity contribution in [3.05, 3.63) is 0 Å². The minimum absolute atomic E-state index is 0.0781. The molecule has 0 unspecified atom stereocenters. The molecule has 2 aliphatic heterocycles. The summed E-state index contributed by atoms with van der Waals surface area (Å²) in [6, 6.07) is 0. The van der Waals surface area contributed by atoms with Crippen LogP contribution in [-0.4, -0.2) is 81.1 Å². The second-order valence-corrected chi connectivity index (χ2v) is 9.06. The fraction of sp³-hybridized carbons (Fsp3) is 0.941. The Morgan fingerprint density at radius 2 is 1.71 bits per heavy atom. The molecule has 1 N–H and O–H groups in total. The van der Waals surface area contributed by atoms with Gasteiger partial charge >= 0.3 is 15.5 Å². The van der Waals surface area contributed by atoms with Gasteiger partial charge < -0.3 is 15.0 Å². The smallest absolute Gasteiger partial charge is 0.378 e. The van der Waals surface area contributed by atoms with E-state index in [1.54, 1.807) is 0 Å². The first-order valence-corrected chi connectivity index (χ1v) is 11.3. The molecule has 11 heteroatoms. The Kier molecular flexibility index (Phi) is 8.38. The van der Waals surface area contributed by atoms with E-state index in [1.807, 2.05) is 13.8 Å². The van der Waals surface area contributed by atoms with Crippen molar-refractivity contribution >= 4 is 16.0 Å². The molecule has 7 nitrogen and oxygen atoms in total. The van der Waals surface area contributed by atoms with Gasteiger partial charge in [-0.1, -0.05) is 0 Å². The topological polar surface area (TPSA) is 74.2 Å². The molecule has 2 fully saturated rings. The van der Waals surface area contributed by atoms with Crippen LogP contribution in [-0.2, 0) is 14.8 Å². The number of nitrogens with one attached hydrogen (secondary N) is 1. The number of nitrogens with zero attached hydrogens (tertiary/aromatic N) is 3. The summed E-state index contributed by atoms with van der Waals surface area (Å²) in [6.07, 6.45) is 2.91. The SMILES string of the molecule is CCNC(=NCC1CCN(S(=O)(=O)C(F)(F)F)CC1)N1CCC(OCC)CC1. The molecular weight excluding hydrogens is 397 g/mol. The van der Waals surface area contributed by atoms with Crippen molar-refractivity contribution in [3.8, 4) is 0 Å². The molecule has 28 heavy (non-hydrogen) atoms. The van der Waals surface area contributed by atoms with Gasteiger partial charge in [0.25, 0.3) is 0 Å². The zero-order chi connectivity index (χ0) is 20.8. The molecule has 0 amide bonds. The van der Waals surface area contributed by atoms with E-state index in [-0.39, 0.29) is 25.1 Å². The molecule has 2 heterocycles. The number of ether oxygens (including phenoxy) is 1.